The highest BCUT2D eigenvalue weighted by Gasteiger charge is 2.31. The Labute approximate surface area is 129 Å². The van der Waals surface area contributed by atoms with E-state index in [4.69, 9.17) is 10.5 Å². The molecule has 0 saturated heterocycles. The summed E-state index contributed by atoms with van der Waals surface area (Å²) >= 11 is 0. The van der Waals surface area contributed by atoms with Crippen LogP contribution in [0.15, 0.2) is 24.3 Å². The van der Waals surface area contributed by atoms with Gasteiger partial charge in [-0.1, -0.05) is 38.7 Å². The van der Waals surface area contributed by atoms with Crippen LogP contribution in [0.5, 0.6) is 5.75 Å². The molecule has 1 fully saturated rings. The van der Waals surface area contributed by atoms with Gasteiger partial charge in [0.05, 0.1) is 7.11 Å². The van der Waals surface area contributed by atoms with Gasteiger partial charge < -0.3 is 15.8 Å². The minimum atomic E-state index is 0.0505. The minimum absolute atomic E-state index is 0.0505. The molecule has 0 aliphatic heterocycles. The molecule has 1 aliphatic rings. The lowest BCUT2D eigenvalue weighted by molar-refractivity contribution is 0.389. The van der Waals surface area contributed by atoms with Crippen LogP contribution in [0.2, 0.25) is 0 Å². The first-order valence-corrected chi connectivity index (χ1v) is 8.33. The molecular weight excluding hydrogens is 260 g/mol. The summed E-state index contributed by atoms with van der Waals surface area (Å²) in [7, 11) is 1.71. The van der Waals surface area contributed by atoms with Crippen molar-refractivity contribution >= 4 is 5.69 Å². The molecule has 118 valence electrons. The van der Waals surface area contributed by atoms with Gasteiger partial charge in [-0.2, -0.15) is 0 Å². The Hall–Kier alpha value is -1.22. The molecule has 1 aromatic rings. The van der Waals surface area contributed by atoms with Crippen molar-refractivity contribution in [2.75, 3.05) is 19.0 Å². The second-order valence-electron chi connectivity index (χ2n) is 6.43. The van der Waals surface area contributed by atoms with Gasteiger partial charge in [0.1, 0.15) is 5.75 Å². The third-order valence-electron chi connectivity index (χ3n) is 4.87. The van der Waals surface area contributed by atoms with E-state index in [2.05, 4.69) is 24.4 Å². The summed E-state index contributed by atoms with van der Waals surface area (Å²) in [6.45, 7) is 2.98. The zero-order valence-electron chi connectivity index (χ0n) is 13.5. The summed E-state index contributed by atoms with van der Waals surface area (Å²) in [6.07, 6.45) is 8.92. The number of anilines is 1. The molecule has 0 heterocycles. The highest BCUT2D eigenvalue weighted by Crippen LogP contribution is 2.35. The van der Waals surface area contributed by atoms with Crippen molar-refractivity contribution < 1.29 is 4.74 Å². The second-order valence-corrected chi connectivity index (χ2v) is 6.43. The van der Waals surface area contributed by atoms with Gasteiger partial charge in [-0.3, -0.25) is 0 Å². The van der Waals surface area contributed by atoms with Crippen LogP contribution >= 0.6 is 0 Å². The summed E-state index contributed by atoms with van der Waals surface area (Å²) < 4.78 is 5.31. The van der Waals surface area contributed by atoms with Crippen LogP contribution in [-0.4, -0.2) is 19.2 Å². The lowest BCUT2D eigenvalue weighted by Gasteiger charge is -2.34. The maximum Gasteiger partial charge on any atom is 0.120 e. The standard InChI is InChI=1S/C18H30N2O/c1-3-6-15-7-5-11-18(14-19,12-10-15)20-16-8-4-9-17(13-16)21-2/h4,8-9,13,15,20H,3,5-7,10-12,14,19H2,1-2H3. The summed E-state index contributed by atoms with van der Waals surface area (Å²) in [6, 6.07) is 8.17. The average molecular weight is 290 g/mol. The molecule has 3 N–H and O–H groups in total. The van der Waals surface area contributed by atoms with E-state index >= 15 is 0 Å². The normalized spacial score (nSPS) is 26.1. The average Bonchev–Trinajstić information content (AvgIpc) is 2.71. The summed E-state index contributed by atoms with van der Waals surface area (Å²) in [4.78, 5) is 0. The summed E-state index contributed by atoms with van der Waals surface area (Å²) in [5.41, 5.74) is 7.32. The molecule has 2 unspecified atom stereocenters. The van der Waals surface area contributed by atoms with E-state index < -0.39 is 0 Å². The zero-order chi connectivity index (χ0) is 15.1. The SMILES string of the molecule is CCCC1CCCC(CN)(Nc2cccc(OC)c2)CC1. The van der Waals surface area contributed by atoms with Crippen LogP contribution in [0.25, 0.3) is 0 Å². The molecule has 0 amide bonds. The molecule has 0 radical (unpaired) electrons. The fourth-order valence-electron chi connectivity index (χ4n) is 3.56. The molecule has 1 saturated carbocycles. The molecule has 1 aromatic carbocycles. The van der Waals surface area contributed by atoms with E-state index in [1.807, 2.05) is 12.1 Å². The fraction of sp³-hybridized carbons (Fsp3) is 0.667. The van der Waals surface area contributed by atoms with Gasteiger partial charge >= 0.3 is 0 Å². The molecular formula is C18H30N2O. The van der Waals surface area contributed by atoms with Crippen LogP contribution < -0.4 is 15.8 Å². The van der Waals surface area contributed by atoms with E-state index in [9.17, 15) is 0 Å². The fourth-order valence-corrected chi connectivity index (χ4v) is 3.56. The Bertz CT molecular complexity index is 435. The van der Waals surface area contributed by atoms with E-state index in [1.165, 1.54) is 44.9 Å². The predicted octanol–water partition coefficient (Wildman–Crippen LogP) is 4.19. The monoisotopic (exact) mass is 290 g/mol. The van der Waals surface area contributed by atoms with E-state index in [0.29, 0.717) is 6.54 Å². The molecule has 3 nitrogen and oxygen atoms in total. The third-order valence-corrected chi connectivity index (χ3v) is 4.87. The Balaban J connectivity index is 2.06. The van der Waals surface area contributed by atoms with Gasteiger partial charge in [0, 0.05) is 23.8 Å². The van der Waals surface area contributed by atoms with Crippen molar-refractivity contribution in [1.82, 2.24) is 0 Å². The smallest absolute Gasteiger partial charge is 0.120 e. The van der Waals surface area contributed by atoms with Gasteiger partial charge in [0.15, 0.2) is 0 Å². The lowest BCUT2D eigenvalue weighted by atomic mass is 9.88. The molecule has 0 spiro atoms. The van der Waals surface area contributed by atoms with Crippen molar-refractivity contribution in [1.29, 1.82) is 0 Å². The Kier molecular flexibility index (Phi) is 5.92. The van der Waals surface area contributed by atoms with Gasteiger partial charge in [0.2, 0.25) is 0 Å². The first kappa shape index (κ1) is 16.2. The van der Waals surface area contributed by atoms with Crippen molar-refractivity contribution in [2.45, 2.75) is 57.4 Å². The van der Waals surface area contributed by atoms with Crippen LogP contribution in [-0.2, 0) is 0 Å². The molecule has 2 rings (SSSR count). The van der Waals surface area contributed by atoms with Gasteiger partial charge in [-0.05, 0) is 37.3 Å². The van der Waals surface area contributed by atoms with Gasteiger partial charge in [0.25, 0.3) is 0 Å². The topological polar surface area (TPSA) is 47.3 Å². The molecule has 2 atom stereocenters. The molecule has 21 heavy (non-hydrogen) atoms. The maximum atomic E-state index is 6.15. The first-order chi connectivity index (χ1) is 10.2. The van der Waals surface area contributed by atoms with Crippen molar-refractivity contribution in [2.24, 2.45) is 11.7 Å². The Morgan fingerprint density at radius 3 is 2.90 bits per heavy atom. The number of nitrogens with one attached hydrogen (secondary N) is 1. The predicted molar refractivity (Wildman–Crippen MR) is 89.9 cm³/mol. The molecule has 1 aliphatic carbocycles. The summed E-state index contributed by atoms with van der Waals surface area (Å²) in [5.74, 6) is 1.78. The number of nitrogens with two attached hydrogens (primary N) is 1. The number of rotatable bonds is 6. The number of hydrogen-bond acceptors (Lipinski definition) is 3. The number of methoxy groups -OCH3 is 1. The van der Waals surface area contributed by atoms with Crippen molar-refractivity contribution in [3.05, 3.63) is 24.3 Å². The van der Waals surface area contributed by atoms with E-state index in [0.717, 1.165) is 17.4 Å². The summed E-state index contributed by atoms with van der Waals surface area (Å²) in [5, 5.41) is 3.72. The van der Waals surface area contributed by atoms with Crippen LogP contribution in [0.1, 0.15) is 51.9 Å². The maximum absolute atomic E-state index is 6.15. The number of ether oxygens (including phenoxy) is 1. The van der Waals surface area contributed by atoms with E-state index in [1.54, 1.807) is 7.11 Å². The quantitative estimate of drug-likeness (QED) is 0.772. The van der Waals surface area contributed by atoms with Gasteiger partial charge in [-0.15, -0.1) is 0 Å². The lowest BCUT2D eigenvalue weighted by Crippen LogP contribution is -2.45. The third kappa shape index (κ3) is 4.37. The second kappa shape index (κ2) is 7.69. The van der Waals surface area contributed by atoms with Crippen LogP contribution in [0.4, 0.5) is 5.69 Å². The number of hydrogen-bond donors (Lipinski definition) is 2. The molecule has 0 bridgehead atoms. The van der Waals surface area contributed by atoms with Crippen molar-refractivity contribution in [3.63, 3.8) is 0 Å². The van der Waals surface area contributed by atoms with Crippen molar-refractivity contribution in [3.8, 4) is 5.75 Å². The number of benzene rings is 1. The highest BCUT2D eigenvalue weighted by molar-refractivity contribution is 5.50. The van der Waals surface area contributed by atoms with Crippen LogP contribution in [0, 0.1) is 5.92 Å². The first-order valence-electron chi connectivity index (χ1n) is 8.33. The largest absolute Gasteiger partial charge is 0.497 e. The van der Waals surface area contributed by atoms with Crippen LogP contribution in [0.3, 0.4) is 0 Å². The molecule has 3 heteroatoms. The minimum Gasteiger partial charge on any atom is -0.497 e. The van der Waals surface area contributed by atoms with Gasteiger partial charge in [-0.25, -0.2) is 0 Å². The molecule has 0 aromatic heterocycles. The highest BCUT2D eigenvalue weighted by atomic mass is 16.5. The Morgan fingerprint density at radius 1 is 1.33 bits per heavy atom. The Morgan fingerprint density at radius 2 is 2.19 bits per heavy atom. The van der Waals surface area contributed by atoms with E-state index in [-0.39, 0.29) is 5.54 Å². The zero-order valence-corrected chi connectivity index (χ0v) is 13.5.